The van der Waals surface area contributed by atoms with Crippen molar-refractivity contribution in [1.82, 2.24) is 0 Å². The number of hydrogen-bond donors (Lipinski definition) is 0. The summed E-state index contributed by atoms with van der Waals surface area (Å²) in [6.45, 7) is 2.19. The fourth-order valence-electron chi connectivity index (χ4n) is 2.08. The summed E-state index contributed by atoms with van der Waals surface area (Å²) < 4.78 is 3.32. The van der Waals surface area contributed by atoms with Crippen molar-refractivity contribution in [3.05, 3.63) is 48.0 Å². The quantitative estimate of drug-likeness (QED) is 0.576. The Morgan fingerprint density at radius 3 is 2.57 bits per heavy atom. The molecule has 2 aromatic rings. The maximum absolute atomic E-state index is 2.39. The number of benzene rings is 2. The van der Waals surface area contributed by atoms with Crippen LogP contribution >= 0.6 is 0 Å². The molecule has 0 radical (unpaired) electrons. The molecule has 1 heteroatoms. The van der Waals surface area contributed by atoms with Crippen LogP contribution in [0.4, 0.5) is 0 Å². The summed E-state index contributed by atoms with van der Waals surface area (Å²) >= 11 is -0.655. The van der Waals surface area contributed by atoms with Gasteiger partial charge in [-0.15, -0.1) is 0 Å². The van der Waals surface area contributed by atoms with E-state index in [-0.39, 0.29) is 0 Å². The van der Waals surface area contributed by atoms with Crippen LogP contribution in [0.2, 0.25) is 0 Å². The average molecular weight is 255 g/mol. The van der Waals surface area contributed by atoms with Crippen LogP contribution in [-0.4, -0.2) is 0 Å². The Balaban J connectivity index is 2.27. The van der Waals surface area contributed by atoms with E-state index in [2.05, 4.69) is 49.4 Å². The molecule has 0 spiro atoms. The van der Waals surface area contributed by atoms with E-state index in [0.29, 0.717) is 0 Å². The fourth-order valence-corrected chi connectivity index (χ4v) is 6.27. The Morgan fingerprint density at radius 2 is 1.64 bits per heavy atom. The second-order valence-electron chi connectivity index (χ2n) is 3.82. The molecule has 0 aromatic heterocycles. The van der Waals surface area contributed by atoms with Crippen molar-refractivity contribution in [1.29, 1.82) is 0 Å². The van der Waals surface area contributed by atoms with Gasteiger partial charge >= 0.3 is 100 Å². The van der Waals surface area contributed by atoms with Crippen molar-refractivity contribution in [3.63, 3.8) is 0 Å². The van der Waals surface area contributed by atoms with Gasteiger partial charge < -0.3 is 0 Å². The molecule has 0 N–H and O–H groups in total. The van der Waals surface area contributed by atoms with Crippen molar-refractivity contribution in [3.8, 4) is 11.1 Å². The van der Waals surface area contributed by atoms with E-state index in [1.54, 1.807) is 4.75 Å². The number of fused-ring (bicyclic) bond motifs is 3. The third-order valence-corrected chi connectivity index (χ3v) is 6.71. The second kappa shape index (κ2) is 3.29. The van der Waals surface area contributed by atoms with Gasteiger partial charge in [0, 0.05) is 0 Å². The minimum atomic E-state index is -0.655. The predicted molar refractivity (Wildman–Crippen MR) is 55.9 cm³/mol. The topological polar surface area (TPSA) is 0 Å². The first-order valence-corrected chi connectivity index (χ1v) is 7.73. The van der Waals surface area contributed by atoms with Crippen LogP contribution in [0.1, 0.15) is 5.56 Å². The predicted octanol–water partition coefficient (Wildman–Crippen LogP) is 2.01. The number of hydrogen-bond acceptors (Lipinski definition) is 0. The normalized spacial score (nSPS) is 11.2. The summed E-state index contributed by atoms with van der Waals surface area (Å²) in [6.07, 6.45) is 0. The molecule has 65 valence electrons. The number of aryl methyl sites for hydroxylation is 1. The summed E-state index contributed by atoms with van der Waals surface area (Å²) in [7, 11) is 0. The molecule has 2 aromatic carbocycles. The van der Waals surface area contributed by atoms with Crippen molar-refractivity contribution in [2.24, 2.45) is 0 Å². The van der Waals surface area contributed by atoms with Gasteiger partial charge in [0.15, 0.2) is 0 Å². The van der Waals surface area contributed by atoms with Crippen LogP contribution in [-0.2, 0) is 29.2 Å². The van der Waals surface area contributed by atoms with Gasteiger partial charge in [-0.05, 0) is 0 Å². The summed E-state index contributed by atoms with van der Waals surface area (Å²) in [6, 6.07) is 15.8. The molecule has 3 rings (SSSR count). The third kappa shape index (κ3) is 1.29. The van der Waals surface area contributed by atoms with E-state index in [1.807, 2.05) is 0 Å². The summed E-state index contributed by atoms with van der Waals surface area (Å²) in [5.41, 5.74) is 4.42. The first kappa shape index (κ1) is 8.82. The summed E-state index contributed by atoms with van der Waals surface area (Å²) in [5, 5.41) is 0. The molecule has 0 nitrogen and oxygen atoms in total. The Morgan fingerprint density at radius 1 is 0.857 bits per heavy atom. The van der Waals surface area contributed by atoms with E-state index < -0.39 is 29.2 Å². The molecule has 0 fully saturated rings. The van der Waals surface area contributed by atoms with Crippen LogP contribution in [0.3, 0.4) is 0 Å². The van der Waals surface area contributed by atoms with Gasteiger partial charge in [0.1, 0.15) is 0 Å². The van der Waals surface area contributed by atoms with E-state index in [9.17, 15) is 0 Å². The van der Waals surface area contributed by atoms with Crippen LogP contribution in [0.25, 0.3) is 11.1 Å². The molecular formula is C13H10Y. The maximum atomic E-state index is 2.39. The zero-order chi connectivity index (χ0) is 9.54. The Bertz CT molecular complexity index is 500. The van der Waals surface area contributed by atoms with Crippen LogP contribution in [0, 0.1) is 6.92 Å². The van der Waals surface area contributed by atoms with E-state index in [0.717, 1.165) is 0 Å². The van der Waals surface area contributed by atoms with Crippen LogP contribution in [0.5, 0.6) is 0 Å². The van der Waals surface area contributed by atoms with Crippen LogP contribution in [0.15, 0.2) is 42.5 Å². The Hall–Kier alpha value is -0.456. The molecule has 14 heavy (non-hydrogen) atoms. The van der Waals surface area contributed by atoms with E-state index in [4.69, 9.17) is 0 Å². The van der Waals surface area contributed by atoms with Gasteiger partial charge in [-0.3, -0.25) is 0 Å². The zero-order valence-corrected chi connectivity index (χ0v) is 11.0. The first-order valence-electron chi connectivity index (χ1n) is 4.89. The minimum absolute atomic E-state index is 0.655. The third-order valence-electron chi connectivity index (χ3n) is 2.77. The van der Waals surface area contributed by atoms with Crippen molar-refractivity contribution in [2.45, 2.75) is 6.92 Å². The average Bonchev–Trinajstić information content (AvgIpc) is 2.54. The molecular weight excluding hydrogens is 245 g/mol. The van der Waals surface area contributed by atoms with E-state index in [1.165, 1.54) is 16.7 Å². The SMILES string of the molecule is Cc1ccc2[c](c1)[Y][c]1ccccc1-2. The van der Waals surface area contributed by atoms with Crippen molar-refractivity contribution >= 4 is 4.75 Å². The molecule has 0 unspecified atom stereocenters. The molecule has 0 saturated carbocycles. The molecule has 1 heterocycles. The molecule has 0 amide bonds. The zero-order valence-electron chi connectivity index (χ0n) is 8.12. The standard InChI is InChI=1S/C13H10.Y/c1-11-7-9-13(10-8-11)12-5-3-2-4-6-12;/h2-5,7-9H,1H3;. The molecule has 0 saturated heterocycles. The Kier molecular flexibility index (Phi) is 2.07. The van der Waals surface area contributed by atoms with Crippen molar-refractivity contribution < 1.29 is 29.2 Å². The van der Waals surface area contributed by atoms with Crippen LogP contribution < -0.4 is 4.75 Å². The van der Waals surface area contributed by atoms with Gasteiger partial charge in [-0.25, -0.2) is 0 Å². The molecule has 1 aliphatic rings. The van der Waals surface area contributed by atoms with Gasteiger partial charge in [0.05, 0.1) is 0 Å². The van der Waals surface area contributed by atoms with Gasteiger partial charge in [0.25, 0.3) is 0 Å². The monoisotopic (exact) mass is 255 g/mol. The van der Waals surface area contributed by atoms with Gasteiger partial charge in [0.2, 0.25) is 0 Å². The number of rotatable bonds is 0. The summed E-state index contributed by atoms with van der Waals surface area (Å²) in [5.74, 6) is 0. The van der Waals surface area contributed by atoms with Crippen molar-refractivity contribution in [2.75, 3.05) is 0 Å². The van der Waals surface area contributed by atoms with Gasteiger partial charge in [-0.2, -0.15) is 0 Å². The fraction of sp³-hybridized carbons (Fsp3) is 0.0769. The molecule has 0 atom stereocenters. The molecule has 1 aliphatic heterocycles. The van der Waals surface area contributed by atoms with E-state index >= 15 is 0 Å². The molecule has 0 aliphatic carbocycles. The van der Waals surface area contributed by atoms with Gasteiger partial charge in [-0.1, -0.05) is 0 Å². The first-order chi connectivity index (χ1) is 6.84. The second-order valence-corrected chi connectivity index (χ2v) is 7.59. The Labute approximate surface area is 99.3 Å². The summed E-state index contributed by atoms with van der Waals surface area (Å²) in [4.78, 5) is 0. The molecule has 0 bridgehead atoms.